The molecule has 2 heterocycles. The first kappa shape index (κ1) is 21.9. The Balaban J connectivity index is 1.69. The highest BCUT2D eigenvalue weighted by Crippen LogP contribution is 2.36. The van der Waals surface area contributed by atoms with Crippen molar-refractivity contribution in [1.82, 2.24) is 19.1 Å². The van der Waals surface area contributed by atoms with Crippen LogP contribution in [0.1, 0.15) is 31.4 Å². The molecule has 1 saturated heterocycles. The van der Waals surface area contributed by atoms with Crippen LogP contribution in [0.3, 0.4) is 0 Å². The summed E-state index contributed by atoms with van der Waals surface area (Å²) in [7, 11) is -2.06. The van der Waals surface area contributed by atoms with Gasteiger partial charge in [0.1, 0.15) is 17.6 Å². The van der Waals surface area contributed by atoms with Gasteiger partial charge >= 0.3 is 0 Å². The molecular weight excluding hydrogens is 432 g/mol. The summed E-state index contributed by atoms with van der Waals surface area (Å²) < 4.78 is 29.7. The van der Waals surface area contributed by atoms with E-state index >= 15 is 0 Å². The second-order valence-electron chi connectivity index (χ2n) is 7.74. The Labute approximate surface area is 186 Å². The van der Waals surface area contributed by atoms with Gasteiger partial charge in [-0.2, -0.15) is 9.40 Å². The van der Waals surface area contributed by atoms with Crippen molar-refractivity contribution < 1.29 is 13.3 Å². The maximum atomic E-state index is 13.3. The van der Waals surface area contributed by atoms with E-state index in [0.717, 1.165) is 24.1 Å². The van der Waals surface area contributed by atoms with Crippen LogP contribution in [0.4, 0.5) is 11.4 Å². The number of nitrogens with zero attached hydrogens (tertiary/aromatic N) is 6. The molecule has 2 aromatic carbocycles. The number of nitro benzene ring substituents is 1. The second kappa shape index (κ2) is 8.67. The highest BCUT2D eigenvalue weighted by atomic mass is 32.2. The lowest BCUT2D eigenvalue weighted by molar-refractivity contribution is -0.385. The van der Waals surface area contributed by atoms with Crippen LogP contribution < -0.4 is 4.90 Å². The van der Waals surface area contributed by atoms with Crippen molar-refractivity contribution in [2.75, 3.05) is 25.0 Å². The summed E-state index contributed by atoms with van der Waals surface area (Å²) >= 11 is 0. The molecule has 11 heteroatoms. The van der Waals surface area contributed by atoms with Gasteiger partial charge in [-0.25, -0.2) is 18.1 Å². The molecule has 1 aromatic heterocycles. The van der Waals surface area contributed by atoms with E-state index in [0.29, 0.717) is 18.8 Å². The fourth-order valence-electron chi connectivity index (χ4n) is 3.86. The van der Waals surface area contributed by atoms with Crippen LogP contribution in [0.5, 0.6) is 0 Å². The average Bonchev–Trinajstić information content (AvgIpc) is 3.52. The van der Waals surface area contributed by atoms with Gasteiger partial charge in [0.05, 0.1) is 22.3 Å². The third-order valence-electron chi connectivity index (χ3n) is 5.86. The highest BCUT2D eigenvalue weighted by Gasteiger charge is 2.32. The van der Waals surface area contributed by atoms with Gasteiger partial charge in [0, 0.05) is 32.3 Å². The Morgan fingerprint density at radius 1 is 1.12 bits per heavy atom. The molecule has 0 amide bonds. The predicted molar refractivity (Wildman–Crippen MR) is 119 cm³/mol. The van der Waals surface area contributed by atoms with E-state index in [-0.39, 0.29) is 16.6 Å². The summed E-state index contributed by atoms with van der Waals surface area (Å²) in [5, 5.41) is 15.5. The molecule has 1 unspecified atom stereocenters. The standard InChI is InChI=1S/C21H24N6O4S/c1-16(17-5-7-18(8-6-17)26-15-22-14-23-26)24(2)20-10-9-19(27(28)29)13-21(20)32(30,31)25-11-3-4-12-25/h5-10,13-16H,3-4,11-12H2,1-2H3. The van der Waals surface area contributed by atoms with Gasteiger partial charge in [0.2, 0.25) is 10.0 Å². The van der Waals surface area contributed by atoms with Crippen LogP contribution in [0.15, 0.2) is 60.0 Å². The Bertz CT molecular complexity index is 1210. The zero-order valence-electron chi connectivity index (χ0n) is 17.8. The molecule has 168 valence electrons. The van der Waals surface area contributed by atoms with E-state index in [9.17, 15) is 18.5 Å². The SMILES string of the molecule is CC(c1ccc(-n2cncn2)cc1)N(C)c1ccc([N+](=O)[O-])cc1S(=O)(=O)N1CCCC1. The first-order valence-electron chi connectivity index (χ1n) is 10.3. The Morgan fingerprint density at radius 3 is 2.41 bits per heavy atom. The fraction of sp³-hybridized carbons (Fsp3) is 0.333. The molecular formula is C21H24N6O4S. The molecule has 0 radical (unpaired) electrons. The minimum Gasteiger partial charge on any atom is -0.367 e. The summed E-state index contributed by atoms with van der Waals surface area (Å²) in [5.41, 5.74) is 1.99. The zero-order chi connectivity index (χ0) is 22.9. The maximum Gasteiger partial charge on any atom is 0.270 e. The van der Waals surface area contributed by atoms with Crippen molar-refractivity contribution >= 4 is 21.4 Å². The van der Waals surface area contributed by atoms with Crippen LogP contribution in [-0.4, -0.2) is 52.5 Å². The number of nitro groups is 1. The predicted octanol–water partition coefficient (Wildman–Crippen LogP) is 3.16. The normalized spacial score (nSPS) is 15.6. The molecule has 1 aliphatic heterocycles. The molecule has 4 rings (SSSR count). The largest absolute Gasteiger partial charge is 0.367 e. The first-order chi connectivity index (χ1) is 15.3. The molecule has 0 N–H and O–H groups in total. The Morgan fingerprint density at radius 2 is 1.81 bits per heavy atom. The number of hydrogen-bond donors (Lipinski definition) is 0. The Hall–Kier alpha value is -3.31. The number of benzene rings is 2. The quantitative estimate of drug-likeness (QED) is 0.396. The third-order valence-corrected chi connectivity index (χ3v) is 7.78. The molecule has 32 heavy (non-hydrogen) atoms. The number of anilines is 1. The molecule has 1 fully saturated rings. The molecule has 3 aromatic rings. The molecule has 0 saturated carbocycles. The van der Waals surface area contributed by atoms with Crippen molar-refractivity contribution in [3.63, 3.8) is 0 Å². The van der Waals surface area contributed by atoms with Crippen molar-refractivity contribution in [2.24, 2.45) is 0 Å². The molecule has 1 atom stereocenters. The van der Waals surface area contributed by atoms with Crippen LogP contribution in [0, 0.1) is 10.1 Å². The van der Waals surface area contributed by atoms with Crippen LogP contribution in [0.25, 0.3) is 5.69 Å². The van der Waals surface area contributed by atoms with Crippen molar-refractivity contribution in [3.8, 4) is 5.69 Å². The van der Waals surface area contributed by atoms with Gasteiger partial charge in [-0.1, -0.05) is 12.1 Å². The minimum absolute atomic E-state index is 0.0396. The topological polar surface area (TPSA) is 114 Å². The number of hydrogen-bond acceptors (Lipinski definition) is 7. The van der Waals surface area contributed by atoms with E-state index in [1.165, 1.54) is 28.8 Å². The molecule has 0 spiro atoms. The van der Waals surface area contributed by atoms with E-state index in [2.05, 4.69) is 10.1 Å². The van der Waals surface area contributed by atoms with Gasteiger partial charge in [-0.15, -0.1) is 0 Å². The smallest absolute Gasteiger partial charge is 0.270 e. The van der Waals surface area contributed by atoms with E-state index < -0.39 is 14.9 Å². The molecule has 0 aliphatic carbocycles. The van der Waals surface area contributed by atoms with Crippen molar-refractivity contribution in [3.05, 3.63) is 70.8 Å². The summed E-state index contributed by atoms with van der Waals surface area (Å²) in [5.74, 6) is 0. The van der Waals surface area contributed by atoms with Gasteiger partial charge in [-0.3, -0.25) is 10.1 Å². The monoisotopic (exact) mass is 456 g/mol. The average molecular weight is 457 g/mol. The van der Waals surface area contributed by atoms with Crippen LogP contribution in [-0.2, 0) is 10.0 Å². The first-order valence-corrected chi connectivity index (χ1v) is 11.7. The fourth-order valence-corrected chi connectivity index (χ4v) is 5.62. The second-order valence-corrected chi connectivity index (χ2v) is 9.65. The third kappa shape index (κ3) is 4.08. The van der Waals surface area contributed by atoms with Gasteiger partial charge < -0.3 is 4.90 Å². The lowest BCUT2D eigenvalue weighted by Crippen LogP contribution is -2.31. The Kier molecular flexibility index (Phi) is 5.94. The molecule has 0 bridgehead atoms. The lowest BCUT2D eigenvalue weighted by Gasteiger charge is -2.30. The number of non-ortho nitro benzene ring substituents is 1. The summed E-state index contributed by atoms with van der Waals surface area (Å²) in [4.78, 5) is 16.5. The number of rotatable bonds is 7. The minimum atomic E-state index is -3.85. The lowest BCUT2D eigenvalue weighted by atomic mass is 10.1. The van der Waals surface area contributed by atoms with Gasteiger partial charge in [-0.05, 0) is 43.5 Å². The summed E-state index contributed by atoms with van der Waals surface area (Å²) in [6.45, 7) is 2.80. The van der Waals surface area contributed by atoms with Gasteiger partial charge in [0.25, 0.3) is 5.69 Å². The number of aromatic nitrogens is 3. The van der Waals surface area contributed by atoms with E-state index in [1.54, 1.807) is 18.1 Å². The zero-order valence-corrected chi connectivity index (χ0v) is 18.6. The van der Waals surface area contributed by atoms with Crippen molar-refractivity contribution in [2.45, 2.75) is 30.7 Å². The molecule has 10 nitrogen and oxygen atoms in total. The van der Waals surface area contributed by atoms with Crippen LogP contribution >= 0.6 is 0 Å². The van der Waals surface area contributed by atoms with Gasteiger partial charge in [0.15, 0.2) is 0 Å². The van der Waals surface area contributed by atoms with E-state index in [1.807, 2.05) is 36.1 Å². The number of sulfonamides is 1. The summed E-state index contributed by atoms with van der Waals surface area (Å²) in [6.07, 6.45) is 4.64. The maximum absolute atomic E-state index is 13.3. The van der Waals surface area contributed by atoms with E-state index in [4.69, 9.17) is 0 Å². The van der Waals surface area contributed by atoms with Crippen LogP contribution in [0.2, 0.25) is 0 Å². The van der Waals surface area contributed by atoms with Crippen molar-refractivity contribution in [1.29, 1.82) is 0 Å². The summed E-state index contributed by atoms with van der Waals surface area (Å²) in [6, 6.07) is 11.5. The molecule has 1 aliphatic rings. The highest BCUT2D eigenvalue weighted by molar-refractivity contribution is 7.89.